The predicted molar refractivity (Wildman–Crippen MR) is 73.5 cm³/mol. The first kappa shape index (κ1) is 14.7. The number of ketones is 1. The van der Waals surface area contributed by atoms with Crippen LogP contribution in [0.5, 0.6) is 5.75 Å². The second-order valence-corrected chi connectivity index (χ2v) is 4.77. The van der Waals surface area contributed by atoms with Crippen molar-refractivity contribution < 1.29 is 9.90 Å². The van der Waals surface area contributed by atoms with Crippen LogP contribution in [0.1, 0.15) is 38.2 Å². The second kappa shape index (κ2) is 7.88. The molecule has 1 unspecified atom stereocenters. The highest BCUT2D eigenvalue weighted by molar-refractivity contribution is 5.80. The van der Waals surface area contributed by atoms with Gasteiger partial charge in [0.2, 0.25) is 0 Å². The lowest BCUT2D eigenvalue weighted by atomic mass is 9.94. The Morgan fingerprint density at radius 2 is 1.94 bits per heavy atom. The van der Waals surface area contributed by atoms with Crippen molar-refractivity contribution in [3.8, 4) is 5.75 Å². The first-order valence-electron chi connectivity index (χ1n) is 6.65. The minimum atomic E-state index is 0.236. The minimum absolute atomic E-state index is 0.236. The molecule has 3 heteroatoms. The molecule has 0 aliphatic carbocycles. The van der Waals surface area contributed by atoms with Crippen molar-refractivity contribution in [2.75, 3.05) is 6.54 Å². The molecule has 0 aromatic heterocycles. The Hall–Kier alpha value is -1.35. The van der Waals surface area contributed by atoms with E-state index in [1.54, 1.807) is 24.3 Å². The Balaban J connectivity index is 2.35. The lowest BCUT2D eigenvalue weighted by Gasteiger charge is -2.12. The number of carbonyl (C=O) groups is 1. The summed E-state index contributed by atoms with van der Waals surface area (Å²) in [5, 5.41) is 9.16. The first-order valence-corrected chi connectivity index (χ1v) is 6.65. The van der Waals surface area contributed by atoms with E-state index in [0.717, 1.165) is 24.8 Å². The summed E-state index contributed by atoms with van der Waals surface area (Å²) in [5.41, 5.74) is 6.50. The van der Waals surface area contributed by atoms with Crippen molar-refractivity contribution >= 4 is 5.78 Å². The van der Waals surface area contributed by atoms with E-state index in [1.807, 2.05) is 0 Å². The van der Waals surface area contributed by atoms with Gasteiger partial charge in [-0.1, -0.05) is 25.5 Å². The molecule has 0 heterocycles. The fourth-order valence-corrected chi connectivity index (χ4v) is 2.08. The zero-order valence-electron chi connectivity index (χ0n) is 11.1. The van der Waals surface area contributed by atoms with Gasteiger partial charge >= 0.3 is 0 Å². The van der Waals surface area contributed by atoms with Gasteiger partial charge in [0.15, 0.2) is 0 Å². The number of phenolic OH excluding ortho intramolecular Hbond substituents is 1. The average Bonchev–Trinajstić information content (AvgIpc) is 2.37. The molecule has 18 heavy (non-hydrogen) atoms. The number of hydrogen-bond donors (Lipinski definition) is 2. The van der Waals surface area contributed by atoms with Gasteiger partial charge < -0.3 is 10.8 Å². The fourth-order valence-electron chi connectivity index (χ4n) is 2.08. The van der Waals surface area contributed by atoms with E-state index in [4.69, 9.17) is 10.8 Å². The Kier molecular flexibility index (Phi) is 6.44. The van der Waals surface area contributed by atoms with E-state index in [-0.39, 0.29) is 11.5 Å². The fraction of sp³-hybridized carbons (Fsp3) is 0.533. The molecule has 0 saturated carbocycles. The second-order valence-electron chi connectivity index (χ2n) is 4.77. The molecule has 0 spiro atoms. The number of aromatic hydroxyl groups is 1. The largest absolute Gasteiger partial charge is 0.508 e. The van der Waals surface area contributed by atoms with E-state index in [2.05, 4.69) is 6.92 Å². The highest BCUT2D eigenvalue weighted by Crippen LogP contribution is 2.16. The maximum absolute atomic E-state index is 11.8. The molecule has 0 aliphatic heterocycles. The van der Waals surface area contributed by atoms with E-state index in [1.165, 1.54) is 0 Å². The third-order valence-electron chi connectivity index (χ3n) is 3.32. The van der Waals surface area contributed by atoms with Crippen LogP contribution in [0.25, 0.3) is 0 Å². The quantitative estimate of drug-likeness (QED) is 0.744. The van der Waals surface area contributed by atoms with E-state index >= 15 is 0 Å². The first-order chi connectivity index (χ1) is 8.65. The van der Waals surface area contributed by atoms with Crippen molar-refractivity contribution in [1.82, 2.24) is 0 Å². The van der Waals surface area contributed by atoms with Crippen LogP contribution in [-0.4, -0.2) is 17.4 Å². The van der Waals surface area contributed by atoms with E-state index in [9.17, 15) is 4.79 Å². The number of benzene rings is 1. The van der Waals surface area contributed by atoms with Crippen LogP contribution in [0, 0.1) is 5.92 Å². The van der Waals surface area contributed by atoms with Gasteiger partial charge in [-0.2, -0.15) is 0 Å². The Morgan fingerprint density at radius 1 is 1.28 bits per heavy atom. The monoisotopic (exact) mass is 249 g/mol. The number of phenols is 1. The van der Waals surface area contributed by atoms with Gasteiger partial charge in [-0.15, -0.1) is 0 Å². The number of Topliss-reactive ketones (excluding diaryl/α,β-unsaturated/α-hetero) is 1. The Labute approximate surface area is 109 Å². The molecule has 0 amide bonds. The molecule has 0 fully saturated rings. The summed E-state index contributed by atoms with van der Waals surface area (Å²) in [6.45, 7) is 2.84. The topological polar surface area (TPSA) is 63.3 Å². The van der Waals surface area contributed by atoms with Crippen LogP contribution < -0.4 is 5.73 Å². The van der Waals surface area contributed by atoms with Gasteiger partial charge in [-0.25, -0.2) is 0 Å². The van der Waals surface area contributed by atoms with Crippen LogP contribution in [0.15, 0.2) is 24.3 Å². The zero-order chi connectivity index (χ0) is 13.4. The molecule has 0 bridgehead atoms. The Bertz CT molecular complexity index is 359. The van der Waals surface area contributed by atoms with Crippen LogP contribution in [0.2, 0.25) is 0 Å². The third kappa shape index (κ3) is 5.32. The molecule has 100 valence electrons. The maximum Gasteiger partial charge on any atom is 0.137 e. The van der Waals surface area contributed by atoms with Crippen molar-refractivity contribution in [1.29, 1.82) is 0 Å². The average molecular weight is 249 g/mol. The van der Waals surface area contributed by atoms with Gasteiger partial charge in [-0.3, -0.25) is 4.79 Å². The van der Waals surface area contributed by atoms with Gasteiger partial charge in [0.05, 0.1) is 0 Å². The lowest BCUT2D eigenvalue weighted by molar-refractivity contribution is -0.118. The zero-order valence-corrected chi connectivity index (χ0v) is 11.1. The van der Waals surface area contributed by atoms with Crippen LogP contribution in [-0.2, 0) is 11.2 Å². The molecule has 1 atom stereocenters. The summed E-state index contributed by atoms with van der Waals surface area (Å²) in [5.74, 6) is 1.06. The van der Waals surface area contributed by atoms with Crippen molar-refractivity contribution in [2.24, 2.45) is 11.7 Å². The van der Waals surface area contributed by atoms with Gasteiger partial charge in [-0.05, 0) is 43.0 Å². The summed E-state index contributed by atoms with van der Waals surface area (Å²) in [4.78, 5) is 11.8. The maximum atomic E-state index is 11.8. The van der Waals surface area contributed by atoms with Crippen molar-refractivity contribution in [3.05, 3.63) is 29.8 Å². The van der Waals surface area contributed by atoms with Crippen LogP contribution in [0.4, 0.5) is 0 Å². The van der Waals surface area contributed by atoms with Crippen molar-refractivity contribution in [2.45, 2.75) is 39.0 Å². The molecular formula is C15H23NO2. The summed E-state index contributed by atoms with van der Waals surface area (Å²) < 4.78 is 0. The van der Waals surface area contributed by atoms with Gasteiger partial charge in [0.25, 0.3) is 0 Å². The number of rotatable bonds is 8. The smallest absolute Gasteiger partial charge is 0.137 e. The lowest BCUT2D eigenvalue weighted by Crippen LogP contribution is -2.11. The molecular weight excluding hydrogens is 226 g/mol. The minimum Gasteiger partial charge on any atom is -0.508 e. The summed E-state index contributed by atoms with van der Waals surface area (Å²) >= 11 is 0. The molecule has 1 aromatic carbocycles. The Morgan fingerprint density at radius 3 is 2.50 bits per heavy atom. The summed E-state index contributed by atoms with van der Waals surface area (Å²) in [6, 6.07) is 6.83. The normalized spacial score (nSPS) is 12.3. The molecule has 0 aliphatic rings. The van der Waals surface area contributed by atoms with E-state index < -0.39 is 0 Å². The molecule has 1 aromatic rings. The van der Waals surface area contributed by atoms with Gasteiger partial charge in [0, 0.05) is 12.8 Å². The van der Waals surface area contributed by atoms with E-state index in [0.29, 0.717) is 25.3 Å². The predicted octanol–water partition coefficient (Wildman–Crippen LogP) is 2.66. The van der Waals surface area contributed by atoms with Crippen LogP contribution >= 0.6 is 0 Å². The van der Waals surface area contributed by atoms with Crippen LogP contribution in [0.3, 0.4) is 0 Å². The SMILES string of the molecule is CCC(CCN)CCC(=O)Cc1ccc(O)cc1. The number of carbonyl (C=O) groups excluding carboxylic acids is 1. The number of nitrogens with two attached hydrogens (primary N) is 1. The molecule has 3 N–H and O–H groups in total. The highest BCUT2D eigenvalue weighted by Gasteiger charge is 2.09. The standard InChI is InChI=1S/C15H23NO2/c1-2-12(9-10-16)3-8-15(18)11-13-4-6-14(17)7-5-13/h4-7,12,17H,2-3,8-11,16H2,1H3. The number of hydrogen-bond acceptors (Lipinski definition) is 3. The molecule has 3 nitrogen and oxygen atoms in total. The highest BCUT2D eigenvalue weighted by atomic mass is 16.3. The third-order valence-corrected chi connectivity index (χ3v) is 3.32. The van der Waals surface area contributed by atoms with Gasteiger partial charge in [0.1, 0.15) is 11.5 Å². The molecule has 1 rings (SSSR count). The molecule has 0 saturated heterocycles. The summed E-state index contributed by atoms with van der Waals surface area (Å²) in [6.07, 6.45) is 4.11. The van der Waals surface area contributed by atoms with Crippen molar-refractivity contribution in [3.63, 3.8) is 0 Å². The summed E-state index contributed by atoms with van der Waals surface area (Å²) in [7, 11) is 0. The molecule has 0 radical (unpaired) electrons.